The Morgan fingerprint density at radius 1 is 1.27 bits per heavy atom. The Morgan fingerprint density at radius 2 is 2.03 bits per heavy atom. The zero-order valence-electron chi connectivity index (χ0n) is 17.8. The summed E-state index contributed by atoms with van der Waals surface area (Å²) in [6.07, 6.45) is 2.57. The molecule has 1 atom stereocenters. The largest absolute Gasteiger partial charge is 0.493 e. The summed E-state index contributed by atoms with van der Waals surface area (Å²) in [5, 5.41) is 10.2. The highest BCUT2D eigenvalue weighted by molar-refractivity contribution is 8.18. The van der Waals surface area contributed by atoms with Crippen molar-refractivity contribution in [3.63, 3.8) is 0 Å². The van der Waals surface area contributed by atoms with Gasteiger partial charge < -0.3 is 14.2 Å². The zero-order chi connectivity index (χ0) is 24.1. The minimum absolute atomic E-state index is 0.126. The number of thioether (sulfide) groups is 1. The highest BCUT2D eigenvalue weighted by Gasteiger charge is 2.41. The van der Waals surface area contributed by atoms with Crippen molar-refractivity contribution in [2.24, 2.45) is 0 Å². The van der Waals surface area contributed by atoms with Gasteiger partial charge in [-0.05, 0) is 49.4 Å². The van der Waals surface area contributed by atoms with Crippen molar-refractivity contribution in [1.29, 1.82) is 0 Å². The summed E-state index contributed by atoms with van der Waals surface area (Å²) < 4.78 is 15.9. The molecule has 1 aliphatic heterocycles. The highest BCUT2D eigenvalue weighted by Crippen LogP contribution is 2.36. The first kappa shape index (κ1) is 23.7. The lowest BCUT2D eigenvalue weighted by molar-refractivity contribution is -0.385. The van der Waals surface area contributed by atoms with Crippen LogP contribution >= 0.6 is 11.8 Å². The summed E-state index contributed by atoms with van der Waals surface area (Å²) in [5.41, 5.74) is 0.376. The number of ether oxygens (including phenoxy) is 3. The number of rotatable bonds is 8. The average molecular weight is 473 g/mol. The van der Waals surface area contributed by atoms with Crippen LogP contribution in [0.3, 0.4) is 0 Å². The van der Waals surface area contributed by atoms with Gasteiger partial charge in [-0.2, -0.15) is 0 Å². The van der Waals surface area contributed by atoms with Crippen molar-refractivity contribution in [2.45, 2.75) is 19.9 Å². The molecule has 1 aliphatic rings. The van der Waals surface area contributed by atoms with Gasteiger partial charge in [0.15, 0.2) is 11.5 Å². The SMILES string of the molecule is CCOC(=O)C(C)N1C(=O)SC(=Cc2ccc(Oc3ccc([N+](=O)[O-])cn3)c(OC)c2)C1=O. The number of carbonyl (C=O) groups excluding carboxylic acids is 3. The predicted molar refractivity (Wildman–Crippen MR) is 118 cm³/mol. The normalized spacial score (nSPS) is 15.5. The molecule has 1 saturated heterocycles. The number of nitrogens with zero attached hydrogens (tertiary/aromatic N) is 3. The molecule has 2 aromatic rings. The van der Waals surface area contributed by atoms with Gasteiger partial charge in [-0.3, -0.25) is 24.6 Å². The fourth-order valence-corrected chi connectivity index (χ4v) is 3.75. The van der Waals surface area contributed by atoms with Gasteiger partial charge in [-0.15, -0.1) is 0 Å². The number of aromatic nitrogens is 1. The number of imide groups is 1. The second-order valence-electron chi connectivity index (χ2n) is 6.60. The molecule has 0 N–H and O–H groups in total. The number of carbonyl (C=O) groups is 3. The third-order valence-corrected chi connectivity index (χ3v) is 5.35. The summed E-state index contributed by atoms with van der Waals surface area (Å²) in [6.45, 7) is 3.20. The van der Waals surface area contributed by atoms with E-state index in [1.807, 2.05) is 0 Å². The highest BCUT2D eigenvalue weighted by atomic mass is 32.2. The molecule has 2 amide bonds. The average Bonchev–Trinajstić information content (AvgIpc) is 3.07. The molecule has 0 radical (unpaired) electrons. The maximum absolute atomic E-state index is 12.7. The van der Waals surface area contributed by atoms with Crippen LogP contribution in [0.25, 0.3) is 6.08 Å². The number of nitro groups is 1. The van der Waals surface area contributed by atoms with E-state index in [1.165, 1.54) is 32.2 Å². The van der Waals surface area contributed by atoms with Crippen LogP contribution in [0.5, 0.6) is 17.4 Å². The first-order chi connectivity index (χ1) is 15.7. The van der Waals surface area contributed by atoms with Crippen LogP contribution < -0.4 is 9.47 Å². The fourth-order valence-electron chi connectivity index (χ4n) is 2.85. The number of hydrogen-bond donors (Lipinski definition) is 0. The van der Waals surface area contributed by atoms with E-state index >= 15 is 0 Å². The summed E-state index contributed by atoms with van der Waals surface area (Å²) in [5.74, 6) is -0.534. The van der Waals surface area contributed by atoms with Gasteiger partial charge in [0.25, 0.3) is 16.8 Å². The summed E-state index contributed by atoms with van der Waals surface area (Å²) >= 11 is 0.718. The Hall–Kier alpha value is -3.93. The van der Waals surface area contributed by atoms with Gasteiger partial charge in [0, 0.05) is 12.1 Å². The van der Waals surface area contributed by atoms with Crippen molar-refractivity contribution in [1.82, 2.24) is 9.88 Å². The van der Waals surface area contributed by atoms with Crippen LogP contribution in [0.1, 0.15) is 19.4 Å². The number of methoxy groups -OCH3 is 1. The minimum Gasteiger partial charge on any atom is -0.493 e. The van der Waals surface area contributed by atoms with Crippen LogP contribution in [-0.2, 0) is 14.3 Å². The summed E-state index contributed by atoms with van der Waals surface area (Å²) in [4.78, 5) is 52.0. The Morgan fingerprint density at radius 3 is 2.64 bits per heavy atom. The van der Waals surface area contributed by atoms with Crippen molar-refractivity contribution < 1.29 is 33.5 Å². The molecule has 33 heavy (non-hydrogen) atoms. The monoisotopic (exact) mass is 473 g/mol. The zero-order valence-corrected chi connectivity index (χ0v) is 18.7. The molecule has 0 spiro atoms. The molecule has 172 valence electrons. The lowest BCUT2D eigenvalue weighted by Crippen LogP contribution is -2.42. The molecule has 2 heterocycles. The van der Waals surface area contributed by atoms with Crippen LogP contribution in [-0.4, -0.2) is 51.7 Å². The maximum Gasteiger partial charge on any atom is 0.329 e. The number of hydrogen-bond acceptors (Lipinski definition) is 10. The molecule has 3 rings (SSSR count). The van der Waals surface area contributed by atoms with Gasteiger partial charge in [0.05, 0.1) is 23.5 Å². The van der Waals surface area contributed by atoms with Crippen molar-refractivity contribution in [2.75, 3.05) is 13.7 Å². The van der Waals surface area contributed by atoms with Crippen LogP contribution in [0.4, 0.5) is 10.5 Å². The molecule has 11 nitrogen and oxygen atoms in total. The topological polar surface area (TPSA) is 138 Å². The van der Waals surface area contributed by atoms with Crippen LogP contribution in [0, 0.1) is 10.1 Å². The summed E-state index contributed by atoms with van der Waals surface area (Å²) in [7, 11) is 1.42. The fraction of sp³-hybridized carbons (Fsp3) is 0.238. The Labute approximate surface area is 192 Å². The van der Waals surface area contributed by atoms with Gasteiger partial charge >= 0.3 is 5.97 Å². The smallest absolute Gasteiger partial charge is 0.329 e. The second-order valence-corrected chi connectivity index (χ2v) is 7.60. The Balaban J connectivity index is 1.80. The van der Waals surface area contributed by atoms with Gasteiger partial charge in [-0.25, -0.2) is 9.78 Å². The third kappa shape index (κ3) is 5.29. The molecule has 12 heteroatoms. The first-order valence-electron chi connectivity index (χ1n) is 9.65. The van der Waals surface area contributed by atoms with E-state index in [0.717, 1.165) is 22.9 Å². The Bertz CT molecular complexity index is 1130. The van der Waals surface area contributed by atoms with E-state index in [2.05, 4.69) is 4.98 Å². The second kappa shape index (κ2) is 10.1. The molecule has 0 aliphatic carbocycles. The van der Waals surface area contributed by atoms with E-state index in [4.69, 9.17) is 14.2 Å². The van der Waals surface area contributed by atoms with Gasteiger partial charge in [-0.1, -0.05) is 6.07 Å². The van der Waals surface area contributed by atoms with E-state index in [9.17, 15) is 24.5 Å². The molecular weight excluding hydrogens is 454 g/mol. The van der Waals surface area contributed by atoms with Crippen LogP contribution in [0.15, 0.2) is 41.4 Å². The van der Waals surface area contributed by atoms with E-state index < -0.39 is 28.1 Å². The standard InChI is InChI=1S/C21H19N3O8S/c1-4-31-20(26)12(2)23-19(25)17(33-21(23)27)10-13-5-7-15(16(9-13)30-3)32-18-8-6-14(11-22-18)24(28)29/h5-12H,4H2,1-3H3. The maximum atomic E-state index is 12.7. The lowest BCUT2D eigenvalue weighted by Gasteiger charge is -2.19. The van der Waals surface area contributed by atoms with Gasteiger partial charge in [0.1, 0.15) is 12.2 Å². The van der Waals surface area contributed by atoms with E-state index in [-0.39, 0.29) is 23.1 Å². The number of pyridine rings is 1. The van der Waals surface area contributed by atoms with E-state index in [1.54, 1.807) is 25.1 Å². The number of amides is 2. The lowest BCUT2D eigenvalue weighted by atomic mass is 10.1. The summed E-state index contributed by atoms with van der Waals surface area (Å²) in [6, 6.07) is 6.36. The molecule has 1 unspecified atom stereocenters. The number of benzene rings is 1. The molecule has 0 saturated carbocycles. The quantitative estimate of drug-likeness (QED) is 0.241. The van der Waals surface area contributed by atoms with E-state index in [0.29, 0.717) is 17.1 Å². The molecule has 0 bridgehead atoms. The predicted octanol–water partition coefficient (Wildman–Crippen LogP) is 3.78. The van der Waals surface area contributed by atoms with Crippen molar-refractivity contribution in [3.8, 4) is 17.4 Å². The van der Waals surface area contributed by atoms with Crippen molar-refractivity contribution >= 4 is 40.6 Å². The molecule has 1 aromatic heterocycles. The number of esters is 1. The van der Waals surface area contributed by atoms with Gasteiger partial charge in [0.2, 0.25) is 5.88 Å². The first-order valence-corrected chi connectivity index (χ1v) is 10.5. The third-order valence-electron chi connectivity index (χ3n) is 4.47. The molecule has 1 fully saturated rings. The molecular formula is C21H19N3O8S. The minimum atomic E-state index is -1.04. The molecule has 1 aromatic carbocycles. The Kier molecular flexibility index (Phi) is 7.28. The van der Waals surface area contributed by atoms with Crippen LogP contribution in [0.2, 0.25) is 0 Å². The van der Waals surface area contributed by atoms with Crippen molar-refractivity contribution in [3.05, 3.63) is 57.1 Å².